The second-order valence-corrected chi connectivity index (χ2v) is 18.4. The molecule has 0 fully saturated rings. The van der Waals surface area contributed by atoms with Gasteiger partial charge in [0.05, 0.1) is 55.5 Å². The third-order valence-corrected chi connectivity index (χ3v) is 14.9. The normalized spacial score (nSPS) is 12.1. The number of hydrogen-bond donors (Lipinski definition) is 2. The molecule has 0 bridgehead atoms. The summed E-state index contributed by atoms with van der Waals surface area (Å²) in [6.45, 7) is 0. The van der Waals surface area contributed by atoms with Crippen LogP contribution in [0.1, 0.15) is 11.1 Å². The minimum atomic E-state index is 0.715. The Morgan fingerprint density at radius 2 is 0.671 bits per heavy atom. The number of rotatable bonds is 6. The molecule has 4 aromatic heterocycles. The number of aromatic nitrogens is 4. The molecule has 15 rings (SSSR count). The molecule has 2 N–H and O–H groups in total. The molecule has 0 atom stereocenters. The van der Waals surface area contributed by atoms with Gasteiger partial charge in [0.25, 0.3) is 0 Å². The van der Waals surface area contributed by atoms with E-state index in [4.69, 9.17) is 10.8 Å². The molecule has 4 heterocycles. The zero-order chi connectivity index (χ0) is 46.2. The van der Waals surface area contributed by atoms with Crippen LogP contribution >= 0.6 is 0 Å². The first-order valence-corrected chi connectivity index (χ1v) is 23.8. The van der Waals surface area contributed by atoms with Crippen molar-refractivity contribution in [2.75, 3.05) is 0 Å². The van der Waals surface area contributed by atoms with Crippen molar-refractivity contribution in [3.63, 3.8) is 0 Å². The van der Waals surface area contributed by atoms with Crippen molar-refractivity contribution in [3.8, 4) is 22.7 Å². The molecular weight excluding hydrogens is 853 g/mol. The third kappa shape index (κ3) is 5.22. The first kappa shape index (κ1) is 38.6. The Morgan fingerprint density at radius 3 is 1.13 bits per heavy atom. The Bertz CT molecular complexity index is 4660. The summed E-state index contributed by atoms with van der Waals surface area (Å²) < 4.78 is 9.54. The van der Waals surface area contributed by atoms with Crippen LogP contribution in [0.4, 0.5) is 0 Å². The maximum absolute atomic E-state index is 9.16. The molecule has 0 aliphatic heterocycles. The molecule has 0 aliphatic carbocycles. The summed E-state index contributed by atoms with van der Waals surface area (Å²) >= 11 is 0. The fraction of sp³-hybridized carbons (Fsp3) is 0. The lowest BCUT2D eigenvalue weighted by Crippen LogP contribution is -2.08. The van der Waals surface area contributed by atoms with Gasteiger partial charge in [-0.15, -0.1) is 0 Å². The average Bonchev–Trinajstić information content (AvgIpc) is 4.15. The minimum Gasteiger partial charge on any atom is -0.309 e. The molecule has 70 heavy (non-hydrogen) atoms. The number of fused-ring (bicyclic) bond motifs is 16. The Labute approximate surface area is 400 Å². The zero-order valence-corrected chi connectivity index (χ0v) is 37.7. The molecule has 326 valence electrons. The summed E-state index contributed by atoms with van der Waals surface area (Å²) in [6.07, 6.45) is 2.86. The molecule has 0 saturated carbocycles. The van der Waals surface area contributed by atoms with E-state index in [0.717, 1.165) is 105 Å². The first-order valence-electron chi connectivity index (χ1n) is 23.8. The summed E-state index contributed by atoms with van der Waals surface area (Å²) in [5.74, 6) is 0. The Balaban J connectivity index is 1.07. The Hall–Kier alpha value is -9.52. The van der Waals surface area contributed by atoms with Crippen LogP contribution in [0.2, 0.25) is 0 Å². The molecule has 0 amide bonds. The van der Waals surface area contributed by atoms with Crippen molar-refractivity contribution in [2.45, 2.75) is 0 Å². The smallest absolute Gasteiger partial charge is 0.0791 e. The average molecular weight is 893 g/mol. The fourth-order valence-corrected chi connectivity index (χ4v) is 12.0. The highest BCUT2D eigenvalue weighted by Crippen LogP contribution is 2.45. The topological polar surface area (TPSA) is 67.4 Å². The molecule has 0 spiro atoms. The summed E-state index contributed by atoms with van der Waals surface area (Å²) in [5.41, 5.74) is 14.2. The first-order chi connectivity index (χ1) is 34.7. The van der Waals surface area contributed by atoms with E-state index in [0.29, 0.717) is 5.56 Å². The van der Waals surface area contributed by atoms with Crippen LogP contribution in [0.3, 0.4) is 0 Å². The van der Waals surface area contributed by atoms with Crippen LogP contribution in [0, 0.1) is 10.8 Å². The van der Waals surface area contributed by atoms with Gasteiger partial charge in [0, 0.05) is 72.5 Å². The molecule has 11 aromatic carbocycles. The van der Waals surface area contributed by atoms with Crippen molar-refractivity contribution >= 4 is 121 Å². The summed E-state index contributed by atoms with van der Waals surface area (Å²) in [4.78, 5) is 0. The zero-order valence-electron chi connectivity index (χ0n) is 37.7. The SMILES string of the molecule is N=Cc1cc(C=N)c(-n2c3ccc(-n4c5ccccc5c5ccccc54)cc3c3c4ccccc4ccc32)c(-n2c3ccc(-n4c5ccccc5c5ccccc54)cc3c3c4ccccc4ccc32)c1. The monoisotopic (exact) mass is 892 g/mol. The van der Waals surface area contributed by atoms with E-state index in [1.54, 1.807) is 0 Å². The van der Waals surface area contributed by atoms with Crippen molar-refractivity contribution in [2.24, 2.45) is 0 Å². The van der Waals surface area contributed by atoms with Gasteiger partial charge in [-0.25, -0.2) is 0 Å². The van der Waals surface area contributed by atoms with E-state index in [2.05, 4.69) is 231 Å². The van der Waals surface area contributed by atoms with Gasteiger partial charge in [-0.1, -0.05) is 133 Å². The molecule has 0 radical (unpaired) electrons. The minimum absolute atomic E-state index is 0.715. The summed E-state index contributed by atoms with van der Waals surface area (Å²) in [5, 5.41) is 31.9. The maximum atomic E-state index is 9.16. The van der Waals surface area contributed by atoms with Crippen LogP contribution in [-0.4, -0.2) is 30.7 Å². The van der Waals surface area contributed by atoms with Crippen molar-refractivity contribution < 1.29 is 0 Å². The Morgan fingerprint density at radius 1 is 0.286 bits per heavy atom. The second kappa shape index (κ2) is 14.5. The third-order valence-electron chi connectivity index (χ3n) is 14.9. The van der Waals surface area contributed by atoms with Gasteiger partial charge < -0.3 is 29.1 Å². The van der Waals surface area contributed by atoms with Gasteiger partial charge in [0.15, 0.2) is 0 Å². The lowest BCUT2D eigenvalue weighted by Gasteiger charge is -2.20. The lowest BCUT2D eigenvalue weighted by molar-refractivity contribution is 1.09. The molecule has 0 unspecified atom stereocenters. The predicted molar refractivity (Wildman–Crippen MR) is 295 cm³/mol. The van der Waals surface area contributed by atoms with E-state index in [1.807, 2.05) is 6.07 Å². The number of para-hydroxylation sites is 4. The van der Waals surface area contributed by atoms with Crippen LogP contribution in [0.15, 0.2) is 218 Å². The second-order valence-electron chi connectivity index (χ2n) is 18.4. The number of nitrogens with one attached hydrogen (secondary N) is 2. The largest absolute Gasteiger partial charge is 0.309 e. The standard InChI is InChI=1S/C64H40N6/c65-37-39-33-42(38-66)64(70-58-32-28-44(36-52(58)63-46-16-4-2-14-41(46)26-30-60(63)70)68-55-23-11-7-19-49(55)50-20-8-12-24-56(50)68)61(34-39)69-57-31-27-43(35-51(57)62-45-15-3-1-13-40(45)25-29-59(62)69)67-53-21-9-5-17-47(53)48-18-6-10-22-54(48)67/h1-38,65-66H. The fourth-order valence-electron chi connectivity index (χ4n) is 12.0. The molecule has 15 aromatic rings. The van der Waals surface area contributed by atoms with Gasteiger partial charge in [-0.05, 0) is 112 Å². The van der Waals surface area contributed by atoms with Crippen molar-refractivity contribution in [1.82, 2.24) is 18.3 Å². The van der Waals surface area contributed by atoms with E-state index < -0.39 is 0 Å². The van der Waals surface area contributed by atoms with E-state index in [-0.39, 0.29) is 0 Å². The van der Waals surface area contributed by atoms with Gasteiger partial charge >= 0.3 is 0 Å². The van der Waals surface area contributed by atoms with Crippen LogP contribution in [0.5, 0.6) is 0 Å². The number of hydrogen-bond acceptors (Lipinski definition) is 2. The van der Waals surface area contributed by atoms with Crippen molar-refractivity contribution in [1.29, 1.82) is 10.8 Å². The molecule has 0 saturated heterocycles. The highest BCUT2D eigenvalue weighted by atomic mass is 15.1. The van der Waals surface area contributed by atoms with E-state index in [1.165, 1.54) is 44.7 Å². The van der Waals surface area contributed by atoms with Gasteiger partial charge in [-0.2, -0.15) is 0 Å². The highest BCUT2D eigenvalue weighted by molar-refractivity contribution is 6.24. The number of benzene rings is 11. The quantitative estimate of drug-likeness (QED) is 0.156. The van der Waals surface area contributed by atoms with Gasteiger partial charge in [0.1, 0.15) is 0 Å². The maximum Gasteiger partial charge on any atom is 0.0791 e. The Kier molecular flexibility index (Phi) is 7.98. The molecule has 6 nitrogen and oxygen atoms in total. The highest BCUT2D eigenvalue weighted by Gasteiger charge is 2.25. The molecule has 6 heteroatoms. The van der Waals surface area contributed by atoms with Crippen LogP contribution < -0.4 is 0 Å². The lowest BCUT2D eigenvalue weighted by atomic mass is 10.0. The predicted octanol–water partition coefficient (Wildman–Crippen LogP) is 16.4. The van der Waals surface area contributed by atoms with Crippen LogP contribution in [0.25, 0.3) is 132 Å². The van der Waals surface area contributed by atoms with Crippen LogP contribution in [-0.2, 0) is 0 Å². The van der Waals surface area contributed by atoms with Gasteiger partial charge in [0.2, 0.25) is 0 Å². The van der Waals surface area contributed by atoms with E-state index in [9.17, 15) is 0 Å². The van der Waals surface area contributed by atoms with E-state index >= 15 is 0 Å². The van der Waals surface area contributed by atoms with Crippen molar-refractivity contribution in [3.05, 3.63) is 230 Å². The molecular formula is C64H40N6. The summed E-state index contributed by atoms with van der Waals surface area (Å²) in [7, 11) is 0. The summed E-state index contributed by atoms with van der Waals surface area (Å²) in [6, 6.07) is 78.8. The molecule has 0 aliphatic rings. The number of nitrogens with zero attached hydrogens (tertiary/aromatic N) is 4. The van der Waals surface area contributed by atoms with Gasteiger partial charge in [-0.3, -0.25) is 0 Å².